The lowest BCUT2D eigenvalue weighted by Crippen LogP contribution is -2.39. The molecule has 0 bridgehead atoms. The predicted molar refractivity (Wildman–Crippen MR) is 76.3 cm³/mol. The first-order chi connectivity index (χ1) is 9.15. The van der Waals surface area contributed by atoms with E-state index in [4.69, 9.17) is 10.5 Å². The monoisotopic (exact) mass is 262 g/mol. The molecule has 4 nitrogen and oxygen atoms in total. The normalized spacial score (nSPS) is 19.3. The summed E-state index contributed by atoms with van der Waals surface area (Å²) in [6.45, 7) is 3.90. The molecule has 0 aliphatic carbocycles. The molecule has 1 heterocycles. The van der Waals surface area contributed by atoms with Crippen LogP contribution in [-0.2, 0) is 0 Å². The minimum Gasteiger partial charge on any atom is -0.495 e. The van der Waals surface area contributed by atoms with E-state index >= 15 is 0 Å². The second kappa shape index (κ2) is 5.95. The van der Waals surface area contributed by atoms with E-state index in [2.05, 4.69) is 6.92 Å². The maximum atomic E-state index is 12.5. The fraction of sp³-hybridized carbons (Fsp3) is 0.533. The van der Waals surface area contributed by atoms with Crippen LogP contribution in [0.25, 0.3) is 0 Å². The van der Waals surface area contributed by atoms with Gasteiger partial charge >= 0.3 is 0 Å². The lowest BCUT2D eigenvalue weighted by molar-refractivity contribution is 0.0671. The van der Waals surface area contributed by atoms with Crippen molar-refractivity contribution in [2.75, 3.05) is 25.9 Å². The highest BCUT2D eigenvalue weighted by Crippen LogP contribution is 2.25. The number of rotatable bonds is 3. The first-order valence-corrected chi connectivity index (χ1v) is 6.88. The number of piperidine rings is 1. The van der Waals surface area contributed by atoms with Crippen molar-refractivity contribution in [3.63, 3.8) is 0 Å². The zero-order valence-corrected chi connectivity index (χ0v) is 11.7. The molecule has 1 aromatic carbocycles. The van der Waals surface area contributed by atoms with Crippen molar-refractivity contribution in [3.05, 3.63) is 23.8 Å². The number of methoxy groups -OCH3 is 1. The number of carbonyl (C=O) groups excluding carboxylic acids is 1. The van der Waals surface area contributed by atoms with Crippen molar-refractivity contribution in [1.29, 1.82) is 0 Å². The quantitative estimate of drug-likeness (QED) is 0.852. The summed E-state index contributed by atoms with van der Waals surface area (Å²) < 4.78 is 5.17. The van der Waals surface area contributed by atoms with Crippen LogP contribution in [0.4, 0.5) is 5.69 Å². The van der Waals surface area contributed by atoms with Gasteiger partial charge in [-0.1, -0.05) is 13.3 Å². The molecule has 1 unspecified atom stereocenters. The molecule has 1 atom stereocenters. The van der Waals surface area contributed by atoms with Crippen LogP contribution in [0.1, 0.15) is 36.5 Å². The summed E-state index contributed by atoms with van der Waals surface area (Å²) in [5.41, 5.74) is 6.99. The molecular weight excluding hydrogens is 240 g/mol. The minimum atomic E-state index is 0.0800. The highest BCUT2D eigenvalue weighted by Gasteiger charge is 2.23. The molecule has 1 amide bonds. The third-order valence-electron chi connectivity index (χ3n) is 3.86. The fourth-order valence-electron chi connectivity index (χ4n) is 2.61. The lowest BCUT2D eigenvalue weighted by atomic mass is 9.95. The minimum absolute atomic E-state index is 0.0800. The third kappa shape index (κ3) is 3.00. The topological polar surface area (TPSA) is 55.6 Å². The summed E-state index contributed by atoms with van der Waals surface area (Å²) >= 11 is 0. The lowest BCUT2D eigenvalue weighted by Gasteiger charge is -2.32. The van der Waals surface area contributed by atoms with Crippen LogP contribution in [0, 0.1) is 5.92 Å². The highest BCUT2D eigenvalue weighted by molar-refractivity contribution is 5.95. The molecule has 104 valence electrons. The maximum Gasteiger partial charge on any atom is 0.253 e. The summed E-state index contributed by atoms with van der Waals surface area (Å²) in [7, 11) is 1.56. The highest BCUT2D eigenvalue weighted by atomic mass is 16.5. The number of benzene rings is 1. The molecule has 0 radical (unpaired) electrons. The van der Waals surface area contributed by atoms with Crippen molar-refractivity contribution < 1.29 is 9.53 Å². The molecule has 0 aromatic heterocycles. The number of ether oxygens (including phenoxy) is 1. The molecule has 1 fully saturated rings. The van der Waals surface area contributed by atoms with Crippen molar-refractivity contribution in [1.82, 2.24) is 4.90 Å². The van der Waals surface area contributed by atoms with Gasteiger partial charge in [-0.15, -0.1) is 0 Å². The zero-order chi connectivity index (χ0) is 13.8. The summed E-state index contributed by atoms with van der Waals surface area (Å²) in [6, 6.07) is 5.23. The number of likely N-dealkylation sites (tertiary alicyclic amines) is 1. The van der Waals surface area contributed by atoms with Crippen molar-refractivity contribution in [2.24, 2.45) is 5.92 Å². The molecule has 1 aromatic rings. The third-order valence-corrected chi connectivity index (χ3v) is 3.86. The van der Waals surface area contributed by atoms with Crippen LogP contribution < -0.4 is 10.5 Å². The van der Waals surface area contributed by atoms with Gasteiger partial charge in [0.05, 0.1) is 12.8 Å². The SMILES string of the molecule is CCC1CCCN(C(=O)c2ccc(N)c(OC)c2)C1. The Balaban J connectivity index is 2.14. The molecular formula is C15H22N2O2. The molecule has 0 spiro atoms. The summed E-state index contributed by atoms with van der Waals surface area (Å²) in [5.74, 6) is 1.28. The Morgan fingerprint density at radius 2 is 2.32 bits per heavy atom. The summed E-state index contributed by atoms with van der Waals surface area (Å²) in [6.07, 6.45) is 3.45. The average molecular weight is 262 g/mol. The van der Waals surface area contributed by atoms with E-state index in [1.807, 2.05) is 4.90 Å². The number of anilines is 1. The number of amides is 1. The van der Waals surface area contributed by atoms with Gasteiger partial charge in [-0.25, -0.2) is 0 Å². The van der Waals surface area contributed by atoms with Gasteiger partial charge in [-0.3, -0.25) is 4.79 Å². The number of nitrogens with two attached hydrogens (primary N) is 1. The Hall–Kier alpha value is -1.71. The zero-order valence-electron chi connectivity index (χ0n) is 11.7. The van der Waals surface area contributed by atoms with E-state index in [9.17, 15) is 4.79 Å². The molecule has 4 heteroatoms. The van der Waals surface area contributed by atoms with E-state index in [0.29, 0.717) is 22.9 Å². The Morgan fingerprint density at radius 1 is 1.53 bits per heavy atom. The number of hydrogen-bond donors (Lipinski definition) is 1. The van der Waals surface area contributed by atoms with Crippen molar-refractivity contribution in [2.45, 2.75) is 26.2 Å². The summed E-state index contributed by atoms with van der Waals surface area (Å²) in [4.78, 5) is 14.4. The van der Waals surface area contributed by atoms with E-state index in [1.165, 1.54) is 6.42 Å². The molecule has 2 rings (SSSR count). The van der Waals surface area contributed by atoms with Gasteiger partial charge in [-0.2, -0.15) is 0 Å². The average Bonchev–Trinajstić information content (AvgIpc) is 2.47. The van der Waals surface area contributed by atoms with Crippen LogP contribution in [0.3, 0.4) is 0 Å². The second-order valence-corrected chi connectivity index (χ2v) is 5.12. The van der Waals surface area contributed by atoms with E-state index < -0.39 is 0 Å². The maximum absolute atomic E-state index is 12.5. The standard InChI is InChI=1S/C15H22N2O2/c1-3-11-5-4-8-17(10-11)15(18)12-6-7-13(16)14(9-12)19-2/h6-7,9,11H,3-5,8,10,16H2,1-2H3. The predicted octanol–water partition coefficient (Wildman–Crippen LogP) is 2.54. The molecule has 2 N–H and O–H groups in total. The van der Waals surface area contributed by atoms with Gasteiger partial charge in [0.2, 0.25) is 0 Å². The van der Waals surface area contributed by atoms with Gasteiger partial charge < -0.3 is 15.4 Å². The van der Waals surface area contributed by atoms with Crippen molar-refractivity contribution in [3.8, 4) is 5.75 Å². The fourth-order valence-corrected chi connectivity index (χ4v) is 2.61. The van der Waals surface area contributed by atoms with E-state index in [0.717, 1.165) is 25.9 Å². The number of nitrogen functional groups attached to an aromatic ring is 1. The van der Waals surface area contributed by atoms with Crippen LogP contribution in [0.15, 0.2) is 18.2 Å². The van der Waals surface area contributed by atoms with Crippen LogP contribution in [0.2, 0.25) is 0 Å². The Labute approximate surface area is 114 Å². The molecule has 1 aliphatic heterocycles. The van der Waals surface area contributed by atoms with Gasteiger partial charge in [-0.05, 0) is 37.0 Å². The molecule has 19 heavy (non-hydrogen) atoms. The van der Waals surface area contributed by atoms with Gasteiger partial charge in [0, 0.05) is 18.7 Å². The molecule has 0 saturated carbocycles. The van der Waals surface area contributed by atoms with Gasteiger partial charge in [0.15, 0.2) is 0 Å². The first-order valence-electron chi connectivity index (χ1n) is 6.88. The van der Waals surface area contributed by atoms with Crippen molar-refractivity contribution >= 4 is 11.6 Å². The van der Waals surface area contributed by atoms with Gasteiger partial charge in [0.1, 0.15) is 5.75 Å². The van der Waals surface area contributed by atoms with Crippen LogP contribution in [-0.4, -0.2) is 31.0 Å². The molecule has 1 aliphatic rings. The van der Waals surface area contributed by atoms with E-state index in [-0.39, 0.29) is 5.91 Å². The van der Waals surface area contributed by atoms with Gasteiger partial charge in [0.25, 0.3) is 5.91 Å². The summed E-state index contributed by atoms with van der Waals surface area (Å²) in [5, 5.41) is 0. The van der Waals surface area contributed by atoms with Crippen LogP contribution >= 0.6 is 0 Å². The largest absolute Gasteiger partial charge is 0.495 e. The van der Waals surface area contributed by atoms with E-state index in [1.54, 1.807) is 25.3 Å². The second-order valence-electron chi connectivity index (χ2n) is 5.12. The number of nitrogens with zero attached hydrogens (tertiary/aromatic N) is 1. The number of hydrogen-bond acceptors (Lipinski definition) is 3. The Kier molecular flexibility index (Phi) is 4.30. The van der Waals surface area contributed by atoms with Crippen LogP contribution in [0.5, 0.6) is 5.75 Å². The smallest absolute Gasteiger partial charge is 0.253 e. The Morgan fingerprint density at radius 3 is 3.00 bits per heavy atom. The number of carbonyl (C=O) groups is 1. The molecule has 1 saturated heterocycles. The Bertz CT molecular complexity index is 459. The first kappa shape index (κ1) is 13.7.